The van der Waals surface area contributed by atoms with Crippen LogP contribution in [0.3, 0.4) is 0 Å². The normalized spacial score (nSPS) is 8.96. The molecule has 0 aliphatic heterocycles. The third-order valence-electron chi connectivity index (χ3n) is 5.54. The third kappa shape index (κ3) is 19.6. The molecule has 8 nitrogen and oxygen atoms in total. The second-order valence-electron chi connectivity index (χ2n) is 8.96. The van der Waals surface area contributed by atoms with Gasteiger partial charge in [0.15, 0.2) is 0 Å². The summed E-state index contributed by atoms with van der Waals surface area (Å²) >= 11 is 7.92. The van der Waals surface area contributed by atoms with Crippen molar-refractivity contribution in [2.75, 3.05) is 0 Å². The molecule has 0 N–H and O–H groups in total. The van der Waals surface area contributed by atoms with Crippen molar-refractivity contribution in [1.82, 2.24) is 0 Å². The van der Waals surface area contributed by atoms with E-state index < -0.39 is 17.2 Å². The molecule has 0 saturated carbocycles. The Bertz CT molecular complexity index is 1440. The van der Waals surface area contributed by atoms with Gasteiger partial charge in [-0.1, -0.05) is 109 Å². The van der Waals surface area contributed by atoms with Crippen LogP contribution in [0.1, 0.15) is 0 Å². The van der Waals surface area contributed by atoms with E-state index in [0.717, 1.165) is 0 Å². The van der Waals surface area contributed by atoms with E-state index in [1.807, 2.05) is 187 Å². The summed E-state index contributed by atoms with van der Waals surface area (Å²) in [5.74, 6) is 4.25. The molecule has 0 saturated heterocycles. The zero-order chi connectivity index (χ0) is 36.8. The second kappa shape index (κ2) is 30.0. The molecule has 52 heavy (non-hydrogen) atoms. The van der Waals surface area contributed by atoms with Gasteiger partial charge in [-0.15, -0.1) is 0 Å². The molecule has 0 aliphatic rings. The van der Waals surface area contributed by atoms with Gasteiger partial charge in [-0.3, -0.25) is 0 Å². The molecule has 0 aliphatic carbocycles. The molecule has 0 fully saturated rings. The summed E-state index contributed by atoms with van der Waals surface area (Å²) in [5.41, 5.74) is 0. The first-order chi connectivity index (χ1) is 25.2. The van der Waals surface area contributed by atoms with E-state index in [9.17, 15) is 0 Å². The first-order valence-corrected chi connectivity index (χ1v) is 17.6. The molecule has 0 unspecified atom stereocenters. The minimum Gasteiger partial charge on any atom is -0.409 e. The van der Waals surface area contributed by atoms with Crippen LogP contribution >= 0.6 is 29.4 Å². The Morgan fingerprint density at radius 1 is 0.365 bits per heavy atom. The molecule has 13 heteroatoms. The van der Waals surface area contributed by atoms with Gasteiger partial charge in [-0.25, -0.2) is 0 Å². The number of hydrogen-bond donors (Lipinski definition) is 0. The summed E-state index contributed by atoms with van der Waals surface area (Å²) < 4.78 is 52.0. The van der Waals surface area contributed by atoms with Gasteiger partial charge >= 0.3 is 56.9 Å². The molecule has 0 atom stereocenters. The van der Waals surface area contributed by atoms with Crippen LogP contribution in [0.25, 0.3) is 0 Å². The summed E-state index contributed by atoms with van der Waals surface area (Å²) in [7, 11) is -3.18. The van der Waals surface area contributed by atoms with Crippen LogP contribution in [-0.4, -0.2) is 4.70 Å². The summed E-state index contributed by atoms with van der Waals surface area (Å²) in [6.45, 7) is 9.00. The maximum absolute atomic E-state index is 7.50. The van der Waals surface area contributed by atoms with Crippen molar-refractivity contribution < 1.29 is 53.5 Å². The van der Waals surface area contributed by atoms with Crippen LogP contribution in [0.5, 0.6) is 34.5 Å². The number of hydrogen-bond acceptors (Lipinski definition) is 8. The zero-order valence-corrected chi connectivity index (χ0v) is 31.7. The van der Waals surface area contributed by atoms with Crippen LogP contribution < -0.4 is 27.1 Å². The van der Waals surface area contributed by atoms with E-state index in [1.165, 1.54) is 0 Å². The molecular formula is C39H30FeO8P2S2. The van der Waals surface area contributed by atoms with Crippen molar-refractivity contribution >= 4 is 46.8 Å². The fourth-order valence-electron chi connectivity index (χ4n) is 3.52. The SMILES string of the molecule is S=[C-][S-].[C-]#[O+].[C-]#[O+].[Fe+2].c1ccc(OP(Oc2ccccc2)Oc2ccccc2)cc1.c1ccc(OP(Oc2ccccc2)Oc2ccccc2)cc1. The van der Waals surface area contributed by atoms with E-state index in [0.29, 0.717) is 34.5 Å². The van der Waals surface area contributed by atoms with Gasteiger partial charge in [0.05, 0.1) is 0 Å². The molecular weight excluding hydrogens is 778 g/mol. The van der Waals surface area contributed by atoms with Crippen molar-refractivity contribution in [3.05, 3.63) is 195 Å². The van der Waals surface area contributed by atoms with Crippen molar-refractivity contribution in [1.29, 1.82) is 0 Å². The molecule has 0 spiro atoms. The van der Waals surface area contributed by atoms with Crippen LogP contribution in [0.2, 0.25) is 0 Å². The van der Waals surface area contributed by atoms with Gasteiger partial charge < -0.3 is 56.7 Å². The minimum absolute atomic E-state index is 0. The topological polar surface area (TPSA) is 95.2 Å². The average Bonchev–Trinajstić information content (AvgIpc) is 3.19. The van der Waals surface area contributed by atoms with E-state index >= 15 is 0 Å². The van der Waals surface area contributed by atoms with Gasteiger partial charge in [0.1, 0.15) is 34.5 Å². The largest absolute Gasteiger partial charge is 2.00 e. The fourth-order valence-corrected chi connectivity index (χ4v) is 5.50. The number of benzene rings is 6. The molecule has 0 aromatic heterocycles. The molecule has 6 aromatic rings. The van der Waals surface area contributed by atoms with Crippen molar-refractivity contribution in [3.63, 3.8) is 0 Å². The van der Waals surface area contributed by atoms with E-state index in [-0.39, 0.29) is 17.1 Å². The van der Waals surface area contributed by atoms with E-state index in [4.69, 9.17) is 36.4 Å². The van der Waals surface area contributed by atoms with Gasteiger partial charge in [0.25, 0.3) is 0 Å². The zero-order valence-electron chi connectivity index (χ0n) is 27.2. The Balaban J connectivity index is 0.000000437. The smallest absolute Gasteiger partial charge is 0.409 e. The van der Waals surface area contributed by atoms with Gasteiger partial charge in [-0.2, -0.15) is 0 Å². The van der Waals surface area contributed by atoms with Crippen LogP contribution in [0.4, 0.5) is 0 Å². The average molecular weight is 809 g/mol. The molecule has 0 bridgehead atoms. The molecule has 0 radical (unpaired) electrons. The van der Waals surface area contributed by atoms with Crippen LogP contribution in [-0.2, 0) is 39.0 Å². The minimum atomic E-state index is -1.59. The maximum Gasteiger partial charge on any atom is 2.00 e. The summed E-state index contributed by atoms with van der Waals surface area (Å²) in [4.78, 5) is 0. The predicted octanol–water partition coefficient (Wildman–Crippen LogP) is 11.2. The summed E-state index contributed by atoms with van der Waals surface area (Å²) in [6, 6.07) is 57.0. The standard InChI is InChI=1S/2C18H15O3P.2CO.CS2.Fe/c2*1-4-10-16(11-5-1)19-22(20-17-12-6-2-7-13-17)21-18-14-8-3-9-15-18;2*1-2;2-1-3;/h2*1-15H;;;;/q;;;;-2;+2. The quantitative estimate of drug-likeness (QED) is 0.0301. The second-order valence-corrected chi connectivity index (χ2v) is 11.6. The van der Waals surface area contributed by atoms with E-state index in [1.54, 1.807) is 0 Å². The summed E-state index contributed by atoms with van der Waals surface area (Å²) in [5, 5.41) is 0. The maximum atomic E-state index is 7.50. The van der Waals surface area contributed by atoms with Crippen molar-refractivity contribution in [3.8, 4) is 34.5 Å². The van der Waals surface area contributed by atoms with Gasteiger partial charge in [-0.05, 0) is 72.8 Å². The Morgan fingerprint density at radius 2 is 0.481 bits per heavy atom. The first kappa shape index (κ1) is 45.3. The predicted molar refractivity (Wildman–Crippen MR) is 204 cm³/mol. The molecule has 6 rings (SSSR count). The Morgan fingerprint density at radius 3 is 0.596 bits per heavy atom. The van der Waals surface area contributed by atoms with Gasteiger partial charge in [0.2, 0.25) is 0 Å². The third-order valence-corrected chi connectivity index (χ3v) is 7.70. The Hall–Kier alpha value is -4.71. The molecule has 0 heterocycles. The number of thiocarbonyl (C=S) groups is 1. The van der Waals surface area contributed by atoms with Crippen molar-refractivity contribution in [2.45, 2.75) is 0 Å². The fraction of sp³-hybridized carbons (Fsp3) is 0. The number of rotatable bonds is 12. The number of para-hydroxylation sites is 6. The first-order valence-electron chi connectivity index (χ1n) is 14.6. The molecule has 0 amide bonds. The van der Waals surface area contributed by atoms with Crippen molar-refractivity contribution in [2.24, 2.45) is 0 Å². The van der Waals surface area contributed by atoms with Crippen LogP contribution in [0.15, 0.2) is 182 Å². The van der Waals surface area contributed by atoms with Gasteiger partial charge in [0, 0.05) is 0 Å². The van der Waals surface area contributed by atoms with Crippen LogP contribution in [0, 0.1) is 13.3 Å². The summed E-state index contributed by atoms with van der Waals surface area (Å²) in [6.07, 6.45) is 0. The Kier molecular flexibility index (Phi) is 26.1. The molecule has 6 aromatic carbocycles. The van der Waals surface area contributed by atoms with E-state index in [2.05, 4.69) is 38.1 Å². The molecule has 264 valence electrons. The Labute approximate surface area is 328 Å². The monoisotopic (exact) mass is 808 g/mol.